The van der Waals surface area contributed by atoms with Gasteiger partial charge in [0.25, 0.3) is 10.0 Å². The first kappa shape index (κ1) is 17.8. The van der Waals surface area contributed by atoms with Crippen molar-refractivity contribution in [3.05, 3.63) is 18.3 Å². The molecule has 0 aliphatic rings. The van der Waals surface area contributed by atoms with Crippen LogP contribution in [0.2, 0.25) is 0 Å². The Hall–Kier alpha value is -1.22. The Kier molecular flexibility index (Phi) is 6.53. The van der Waals surface area contributed by atoms with E-state index in [4.69, 9.17) is 5.84 Å². The summed E-state index contributed by atoms with van der Waals surface area (Å²) < 4.78 is 27.1. The van der Waals surface area contributed by atoms with Crippen molar-refractivity contribution in [1.82, 2.24) is 14.6 Å². The van der Waals surface area contributed by atoms with E-state index < -0.39 is 10.0 Å². The molecule has 0 bridgehead atoms. The minimum atomic E-state index is -3.68. The summed E-state index contributed by atoms with van der Waals surface area (Å²) in [5, 5.41) is -0.0897. The summed E-state index contributed by atoms with van der Waals surface area (Å²) in [5.41, 5.74) is 2.62. The number of sulfonamides is 1. The van der Waals surface area contributed by atoms with Gasteiger partial charge in [0.05, 0.1) is 5.69 Å². The van der Waals surface area contributed by atoms with Gasteiger partial charge in [0, 0.05) is 31.4 Å². The highest BCUT2D eigenvalue weighted by Gasteiger charge is 2.20. The summed E-state index contributed by atoms with van der Waals surface area (Å²) in [6.45, 7) is 9.30. The van der Waals surface area contributed by atoms with Gasteiger partial charge in [-0.3, -0.25) is 10.7 Å². The van der Waals surface area contributed by atoms with E-state index in [1.807, 2.05) is 0 Å². The Bertz CT molecular complexity index is 537. The molecule has 0 atom stereocenters. The van der Waals surface area contributed by atoms with Crippen LogP contribution in [0, 0.1) is 0 Å². The third-order valence-electron chi connectivity index (χ3n) is 3.17. The molecule has 0 radical (unpaired) electrons. The summed E-state index contributed by atoms with van der Waals surface area (Å²) >= 11 is 0. The van der Waals surface area contributed by atoms with Crippen molar-refractivity contribution in [1.29, 1.82) is 0 Å². The molecule has 0 aliphatic carbocycles. The zero-order valence-electron chi connectivity index (χ0n) is 13.0. The van der Waals surface area contributed by atoms with Crippen LogP contribution >= 0.6 is 0 Å². The highest BCUT2D eigenvalue weighted by atomic mass is 32.2. The smallest absolute Gasteiger partial charge is 0.260 e. The van der Waals surface area contributed by atoms with Crippen molar-refractivity contribution in [3.63, 3.8) is 0 Å². The van der Waals surface area contributed by atoms with Gasteiger partial charge in [-0.2, -0.15) is 0 Å². The average molecular weight is 315 g/mol. The van der Waals surface area contributed by atoms with E-state index in [0.717, 1.165) is 0 Å². The molecule has 1 heterocycles. The van der Waals surface area contributed by atoms with Crippen LogP contribution in [0.1, 0.15) is 27.7 Å². The SMILES string of the molecule is CC(C)N(CCNS(=O)(=O)c1ncccc1NN)C(C)C. The van der Waals surface area contributed by atoms with E-state index in [-0.39, 0.29) is 10.7 Å². The maximum atomic E-state index is 12.2. The monoisotopic (exact) mass is 315 g/mol. The second kappa shape index (κ2) is 7.69. The first-order chi connectivity index (χ1) is 9.79. The van der Waals surface area contributed by atoms with E-state index in [0.29, 0.717) is 25.2 Å². The van der Waals surface area contributed by atoms with Gasteiger partial charge in [-0.15, -0.1) is 0 Å². The number of pyridine rings is 1. The molecular weight excluding hydrogens is 290 g/mol. The Morgan fingerprint density at radius 3 is 2.43 bits per heavy atom. The molecule has 0 spiro atoms. The largest absolute Gasteiger partial charge is 0.321 e. The number of rotatable bonds is 8. The van der Waals surface area contributed by atoms with Gasteiger partial charge < -0.3 is 5.43 Å². The van der Waals surface area contributed by atoms with Gasteiger partial charge in [-0.1, -0.05) is 0 Å². The molecule has 1 aromatic rings. The summed E-state index contributed by atoms with van der Waals surface area (Å²) in [6.07, 6.45) is 1.42. The van der Waals surface area contributed by atoms with Crippen LogP contribution < -0.4 is 16.0 Å². The minimum absolute atomic E-state index is 0.0897. The molecule has 0 aromatic carbocycles. The predicted octanol–water partition coefficient (Wildman–Crippen LogP) is 0.764. The van der Waals surface area contributed by atoms with Crippen molar-refractivity contribution >= 4 is 15.7 Å². The van der Waals surface area contributed by atoms with Crippen molar-refractivity contribution in [2.24, 2.45) is 5.84 Å². The third kappa shape index (κ3) is 4.92. The van der Waals surface area contributed by atoms with Crippen molar-refractivity contribution in [2.45, 2.75) is 44.8 Å². The van der Waals surface area contributed by atoms with E-state index >= 15 is 0 Å². The zero-order chi connectivity index (χ0) is 16.0. The molecule has 0 aliphatic heterocycles. The van der Waals surface area contributed by atoms with Crippen LogP contribution in [0.4, 0.5) is 5.69 Å². The fourth-order valence-electron chi connectivity index (χ4n) is 2.20. The van der Waals surface area contributed by atoms with Crippen molar-refractivity contribution in [2.75, 3.05) is 18.5 Å². The normalized spacial score (nSPS) is 12.4. The number of hydrogen-bond acceptors (Lipinski definition) is 6. The molecule has 21 heavy (non-hydrogen) atoms. The van der Waals surface area contributed by atoms with Crippen LogP contribution in [-0.2, 0) is 10.0 Å². The van der Waals surface area contributed by atoms with Gasteiger partial charge in [0.1, 0.15) is 0 Å². The fraction of sp³-hybridized carbons (Fsp3) is 0.615. The molecule has 7 nitrogen and oxygen atoms in total. The van der Waals surface area contributed by atoms with Crippen LogP contribution in [-0.4, -0.2) is 43.5 Å². The molecular formula is C13H25N5O2S. The van der Waals surface area contributed by atoms with Crippen molar-refractivity contribution < 1.29 is 8.42 Å². The van der Waals surface area contributed by atoms with Gasteiger partial charge in [0.15, 0.2) is 5.03 Å². The lowest BCUT2D eigenvalue weighted by Crippen LogP contribution is -2.42. The lowest BCUT2D eigenvalue weighted by Gasteiger charge is -2.30. The number of aromatic nitrogens is 1. The molecule has 0 saturated carbocycles. The lowest BCUT2D eigenvalue weighted by molar-refractivity contribution is 0.179. The molecule has 0 saturated heterocycles. The Balaban J connectivity index is 2.74. The Morgan fingerprint density at radius 1 is 1.29 bits per heavy atom. The number of nitrogen functional groups attached to an aromatic ring is 1. The molecule has 0 fully saturated rings. The summed E-state index contributed by atoms with van der Waals surface area (Å²) in [4.78, 5) is 6.09. The minimum Gasteiger partial charge on any atom is -0.321 e. The van der Waals surface area contributed by atoms with Gasteiger partial charge in [-0.05, 0) is 39.8 Å². The summed E-state index contributed by atoms with van der Waals surface area (Å²) in [7, 11) is -3.68. The van der Waals surface area contributed by atoms with E-state index in [9.17, 15) is 8.42 Å². The topological polar surface area (TPSA) is 100 Å². The molecule has 8 heteroatoms. The maximum Gasteiger partial charge on any atom is 0.260 e. The van der Waals surface area contributed by atoms with E-state index in [1.54, 1.807) is 12.1 Å². The number of nitrogens with one attached hydrogen (secondary N) is 2. The third-order valence-corrected chi connectivity index (χ3v) is 4.59. The Morgan fingerprint density at radius 2 is 1.90 bits per heavy atom. The van der Waals surface area contributed by atoms with Crippen LogP contribution in [0.5, 0.6) is 0 Å². The summed E-state index contributed by atoms with van der Waals surface area (Å²) in [5.74, 6) is 5.31. The zero-order valence-corrected chi connectivity index (χ0v) is 13.8. The fourth-order valence-corrected chi connectivity index (χ4v) is 3.32. The Labute approximate surface area is 127 Å². The molecule has 120 valence electrons. The number of anilines is 1. The van der Waals surface area contributed by atoms with Gasteiger partial charge >= 0.3 is 0 Å². The highest BCUT2D eigenvalue weighted by Crippen LogP contribution is 2.16. The predicted molar refractivity (Wildman–Crippen MR) is 84.2 cm³/mol. The van der Waals surface area contributed by atoms with Crippen LogP contribution in [0.25, 0.3) is 0 Å². The molecule has 0 amide bonds. The number of hydrogen-bond donors (Lipinski definition) is 3. The molecule has 1 rings (SSSR count). The van der Waals surface area contributed by atoms with Crippen molar-refractivity contribution in [3.8, 4) is 0 Å². The van der Waals surface area contributed by atoms with E-state index in [2.05, 4.69) is 47.7 Å². The van der Waals surface area contributed by atoms with Crippen LogP contribution in [0.3, 0.4) is 0 Å². The summed E-state index contributed by atoms with van der Waals surface area (Å²) in [6, 6.07) is 3.89. The van der Waals surface area contributed by atoms with Crippen LogP contribution in [0.15, 0.2) is 23.4 Å². The van der Waals surface area contributed by atoms with Gasteiger partial charge in [0.2, 0.25) is 0 Å². The molecule has 1 aromatic heterocycles. The lowest BCUT2D eigenvalue weighted by atomic mass is 10.2. The second-order valence-corrected chi connectivity index (χ2v) is 7.01. The first-order valence-corrected chi connectivity index (χ1v) is 8.45. The maximum absolute atomic E-state index is 12.2. The standard InChI is InChI=1S/C13H25N5O2S/c1-10(2)18(11(3)4)9-8-16-21(19,20)13-12(17-14)6-5-7-15-13/h5-7,10-11,16-17H,8-9,14H2,1-4H3. The average Bonchev–Trinajstić information content (AvgIpc) is 2.42. The number of nitrogens with two attached hydrogens (primary N) is 1. The van der Waals surface area contributed by atoms with Gasteiger partial charge in [-0.25, -0.2) is 18.1 Å². The molecule has 0 unspecified atom stereocenters. The van der Waals surface area contributed by atoms with E-state index in [1.165, 1.54) is 6.20 Å². The number of nitrogens with zero attached hydrogens (tertiary/aromatic N) is 2. The second-order valence-electron chi connectivity index (χ2n) is 5.32. The molecule has 4 N–H and O–H groups in total. The quantitative estimate of drug-likeness (QED) is 0.484. The first-order valence-electron chi connectivity index (χ1n) is 6.96. The highest BCUT2D eigenvalue weighted by molar-refractivity contribution is 7.89. The number of hydrazine groups is 1.